The van der Waals surface area contributed by atoms with Gasteiger partial charge < -0.3 is 15.4 Å². The van der Waals surface area contributed by atoms with Crippen molar-refractivity contribution in [3.63, 3.8) is 0 Å². The number of ether oxygens (including phenoxy) is 1. The van der Waals surface area contributed by atoms with Gasteiger partial charge in [0.1, 0.15) is 0 Å². The Labute approximate surface area is 137 Å². The van der Waals surface area contributed by atoms with Crippen LogP contribution in [0.2, 0.25) is 5.02 Å². The lowest BCUT2D eigenvalue weighted by Gasteiger charge is -2.30. The summed E-state index contributed by atoms with van der Waals surface area (Å²) in [5, 5.41) is 7.68. The molecule has 2 aliphatic rings. The van der Waals surface area contributed by atoms with Crippen LogP contribution in [-0.4, -0.2) is 32.3 Å². The van der Waals surface area contributed by atoms with Gasteiger partial charge in [-0.1, -0.05) is 35.9 Å². The monoisotopic (exact) mass is 318 g/mol. The van der Waals surface area contributed by atoms with Gasteiger partial charge in [0.2, 0.25) is 0 Å². The lowest BCUT2D eigenvalue weighted by molar-refractivity contribution is 0.00350. The molecule has 1 aliphatic carbocycles. The van der Waals surface area contributed by atoms with Crippen LogP contribution >= 0.6 is 11.6 Å². The summed E-state index contributed by atoms with van der Waals surface area (Å²) in [7, 11) is 0. The number of hydrogen-bond acceptors (Lipinski definition) is 3. The molecular formula is C18H23ClN2O. The standard InChI is InChI=1S/C18H23ClN2O/c19-16-5-1-14(2-6-16)9-10-21-17-7-3-15(4-8-17)18-13-20-11-12-22-18/h1-3,5-8,15,18,20-21H,4,9-13H2/t15?,18-/m1/s1. The second-order valence-corrected chi connectivity index (χ2v) is 6.27. The second kappa shape index (κ2) is 7.82. The molecule has 1 fully saturated rings. The lowest BCUT2D eigenvalue weighted by Crippen LogP contribution is -2.42. The Morgan fingerprint density at radius 1 is 1.27 bits per heavy atom. The van der Waals surface area contributed by atoms with Crippen LogP contribution in [0, 0.1) is 5.92 Å². The summed E-state index contributed by atoms with van der Waals surface area (Å²) < 4.78 is 5.83. The number of benzene rings is 1. The maximum atomic E-state index is 5.90. The third-order valence-corrected chi connectivity index (χ3v) is 4.47. The summed E-state index contributed by atoms with van der Waals surface area (Å²) in [6.07, 6.45) is 9.12. The van der Waals surface area contributed by atoms with Gasteiger partial charge in [0, 0.05) is 36.3 Å². The van der Waals surface area contributed by atoms with Gasteiger partial charge in [-0.3, -0.25) is 0 Å². The van der Waals surface area contributed by atoms with Crippen molar-refractivity contribution in [3.8, 4) is 0 Å². The molecule has 3 nitrogen and oxygen atoms in total. The molecule has 2 N–H and O–H groups in total. The van der Waals surface area contributed by atoms with Crippen LogP contribution in [0.1, 0.15) is 12.0 Å². The Morgan fingerprint density at radius 3 is 2.82 bits per heavy atom. The topological polar surface area (TPSA) is 33.3 Å². The molecule has 1 saturated heterocycles. The van der Waals surface area contributed by atoms with Gasteiger partial charge in [0.25, 0.3) is 0 Å². The minimum atomic E-state index is 0.317. The molecule has 118 valence electrons. The van der Waals surface area contributed by atoms with Crippen molar-refractivity contribution in [2.45, 2.75) is 18.9 Å². The van der Waals surface area contributed by atoms with Gasteiger partial charge in [-0.15, -0.1) is 0 Å². The summed E-state index contributed by atoms with van der Waals surface area (Å²) in [5.74, 6) is 0.495. The summed E-state index contributed by atoms with van der Waals surface area (Å²) >= 11 is 5.90. The van der Waals surface area contributed by atoms with Crippen molar-refractivity contribution in [1.29, 1.82) is 0 Å². The zero-order valence-electron chi connectivity index (χ0n) is 12.7. The Bertz CT molecular complexity index is 533. The van der Waals surface area contributed by atoms with E-state index < -0.39 is 0 Å². The van der Waals surface area contributed by atoms with Gasteiger partial charge in [-0.25, -0.2) is 0 Å². The molecule has 0 radical (unpaired) electrons. The Hall–Kier alpha value is -1.29. The molecule has 4 heteroatoms. The predicted octanol–water partition coefficient (Wildman–Crippen LogP) is 2.92. The van der Waals surface area contributed by atoms with E-state index in [9.17, 15) is 0 Å². The summed E-state index contributed by atoms with van der Waals surface area (Å²) in [4.78, 5) is 0. The quantitative estimate of drug-likeness (QED) is 0.876. The fraction of sp³-hybridized carbons (Fsp3) is 0.444. The van der Waals surface area contributed by atoms with Crippen LogP contribution in [-0.2, 0) is 11.2 Å². The molecule has 22 heavy (non-hydrogen) atoms. The van der Waals surface area contributed by atoms with E-state index in [0.717, 1.165) is 44.1 Å². The third kappa shape index (κ3) is 4.35. The average molecular weight is 319 g/mol. The van der Waals surface area contributed by atoms with Gasteiger partial charge >= 0.3 is 0 Å². The van der Waals surface area contributed by atoms with Crippen LogP contribution in [0.25, 0.3) is 0 Å². The zero-order valence-corrected chi connectivity index (χ0v) is 13.5. The largest absolute Gasteiger partial charge is 0.385 e. The highest BCUT2D eigenvalue weighted by Gasteiger charge is 2.23. The highest BCUT2D eigenvalue weighted by Crippen LogP contribution is 2.21. The van der Waals surface area contributed by atoms with Crippen molar-refractivity contribution < 1.29 is 4.74 Å². The van der Waals surface area contributed by atoms with Crippen molar-refractivity contribution in [2.75, 3.05) is 26.2 Å². The molecule has 1 heterocycles. The molecule has 2 atom stereocenters. The van der Waals surface area contributed by atoms with Crippen LogP contribution in [0.3, 0.4) is 0 Å². The maximum Gasteiger partial charge on any atom is 0.0765 e. The number of nitrogens with one attached hydrogen (secondary N) is 2. The molecule has 0 saturated carbocycles. The molecule has 0 amide bonds. The first-order chi connectivity index (χ1) is 10.8. The minimum absolute atomic E-state index is 0.317. The maximum absolute atomic E-state index is 5.90. The Morgan fingerprint density at radius 2 is 2.14 bits per heavy atom. The van der Waals surface area contributed by atoms with E-state index in [1.807, 2.05) is 12.1 Å². The van der Waals surface area contributed by atoms with Gasteiger partial charge in [0.15, 0.2) is 0 Å². The number of halogens is 1. The molecule has 1 aliphatic heterocycles. The zero-order chi connectivity index (χ0) is 15.2. The Kier molecular flexibility index (Phi) is 5.54. The minimum Gasteiger partial charge on any atom is -0.385 e. The molecule has 1 aromatic rings. The number of allylic oxidation sites excluding steroid dienone is 2. The van der Waals surface area contributed by atoms with Gasteiger partial charge in [-0.05, 0) is 36.6 Å². The fourth-order valence-electron chi connectivity index (χ4n) is 2.91. The summed E-state index contributed by atoms with van der Waals surface area (Å²) in [6.45, 7) is 3.69. The number of morpholine rings is 1. The van der Waals surface area contributed by atoms with Crippen molar-refractivity contribution in [3.05, 3.63) is 58.8 Å². The van der Waals surface area contributed by atoms with Crippen LogP contribution in [0.4, 0.5) is 0 Å². The molecule has 3 rings (SSSR count). The average Bonchev–Trinajstić information content (AvgIpc) is 2.58. The normalized spacial score (nSPS) is 24.9. The smallest absolute Gasteiger partial charge is 0.0765 e. The van der Waals surface area contributed by atoms with Crippen molar-refractivity contribution in [1.82, 2.24) is 10.6 Å². The molecule has 1 unspecified atom stereocenters. The van der Waals surface area contributed by atoms with Crippen LogP contribution < -0.4 is 10.6 Å². The highest BCUT2D eigenvalue weighted by molar-refractivity contribution is 6.30. The first-order valence-electron chi connectivity index (χ1n) is 8.00. The van der Waals surface area contributed by atoms with E-state index in [4.69, 9.17) is 16.3 Å². The summed E-state index contributed by atoms with van der Waals surface area (Å²) in [5.41, 5.74) is 2.52. The molecule has 1 aromatic carbocycles. The lowest BCUT2D eigenvalue weighted by atomic mass is 9.93. The highest BCUT2D eigenvalue weighted by atomic mass is 35.5. The SMILES string of the molecule is Clc1ccc(CCNC2=CCC([C@H]3CNCCO3)C=C2)cc1. The van der Waals surface area contributed by atoms with Crippen LogP contribution in [0.15, 0.2) is 48.2 Å². The van der Waals surface area contributed by atoms with Crippen molar-refractivity contribution in [2.24, 2.45) is 5.92 Å². The van der Waals surface area contributed by atoms with E-state index in [2.05, 4.69) is 41.0 Å². The fourth-order valence-corrected chi connectivity index (χ4v) is 3.03. The molecular weight excluding hydrogens is 296 g/mol. The van der Waals surface area contributed by atoms with Crippen molar-refractivity contribution >= 4 is 11.6 Å². The second-order valence-electron chi connectivity index (χ2n) is 5.83. The third-order valence-electron chi connectivity index (χ3n) is 4.22. The van der Waals surface area contributed by atoms with Gasteiger partial charge in [0.05, 0.1) is 12.7 Å². The molecule has 0 spiro atoms. The van der Waals surface area contributed by atoms with E-state index >= 15 is 0 Å². The van der Waals surface area contributed by atoms with Crippen LogP contribution in [0.5, 0.6) is 0 Å². The predicted molar refractivity (Wildman–Crippen MR) is 91.1 cm³/mol. The number of hydrogen-bond donors (Lipinski definition) is 2. The van der Waals surface area contributed by atoms with E-state index in [-0.39, 0.29) is 0 Å². The first-order valence-corrected chi connectivity index (χ1v) is 8.38. The van der Waals surface area contributed by atoms with Gasteiger partial charge in [-0.2, -0.15) is 0 Å². The number of rotatable bonds is 5. The summed E-state index contributed by atoms with van der Waals surface area (Å²) in [6, 6.07) is 8.05. The van der Waals surface area contributed by atoms with E-state index in [1.54, 1.807) is 0 Å². The molecule has 0 aromatic heterocycles. The Balaban J connectivity index is 1.42. The van der Waals surface area contributed by atoms with E-state index in [0.29, 0.717) is 12.0 Å². The van der Waals surface area contributed by atoms with E-state index in [1.165, 1.54) is 11.3 Å². The molecule has 0 bridgehead atoms. The first kappa shape index (κ1) is 15.6.